The Bertz CT molecular complexity index is 110. The lowest BCUT2D eigenvalue weighted by atomic mass is 10.1. The Hall–Kier alpha value is 0.200. The summed E-state index contributed by atoms with van der Waals surface area (Å²) in [6.07, 6.45) is 0.849. The molecule has 0 aromatic heterocycles. The number of rotatable bonds is 2. The molecule has 0 unspecified atom stereocenters. The van der Waals surface area contributed by atoms with Gasteiger partial charge in [0.1, 0.15) is 5.60 Å². The van der Waals surface area contributed by atoms with Crippen molar-refractivity contribution in [3.8, 4) is 0 Å². The van der Waals surface area contributed by atoms with Crippen molar-refractivity contribution in [2.75, 3.05) is 0 Å². The zero-order valence-electron chi connectivity index (χ0n) is 5.90. The summed E-state index contributed by atoms with van der Waals surface area (Å²) in [4.78, 5) is 10.4. The van der Waals surface area contributed by atoms with Gasteiger partial charge in [-0.1, -0.05) is 6.92 Å². The van der Waals surface area contributed by atoms with Gasteiger partial charge >= 0.3 is 3.98 Å². The first-order valence-corrected chi connectivity index (χ1v) is 3.94. The largest absolute Gasteiger partial charge is 0.452 e. The van der Waals surface area contributed by atoms with Crippen molar-refractivity contribution in [2.45, 2.75) is 32.8 Å². The van der Waals surface area contributed by atoms with E-state index in [0.29, 0.717) is 0 Å². The van der Waals surface area contributed by atoms with Gasteiger partial charge in [0.15, 0.2) is 0 Å². The predicted octanol–water partition coefficient (Wildman–Crippen LogP) is 2.75. The number of hydrogen-bond acceptors (Lipinski definition) is 2. The van der Waals surface area contributed by atoms with Gasteiger partial charge < -0.3 is 4.74 Å². The van der Waals surface area contributed by atoms with E-state index in [4.69, 9.17) is 4.74 Å². The minimum atomic E-state index is -0.293. The van der Waals surface area contributed by atoms with Gasteiger partial charge in [-0.05, 0) is 20.3 Å². The van der Waals surface area contributed by atoms with Crippen molar-refractivity contribution < 1.29 is 9.53 Å². The van der Waals surface area contributed by atoms with E-state index in [-0.39, 0.29) is 9.58 Å². The maximum absolute atomic E-state index is 10.4. The SMILES string of the molecule is CCC(C)(C)OC(=O)I. The Morgan fingerprint density at radius 3 is 2.22 bits per heavy atom. The summed E-state index contributed by atoms with van der Waals surface area (Å²) in [5.74, 6) is 0. The van der Waals surface area contributed by atoms with Crippen LogP contribution in [-0.2, 0) is 4.74 Å². The van der Waals surface area contributed by atoms with Crippen LogP contribution in [0.5, 0.6) is 0 Å². The first kappa shape index (κ1) is 9.20. The molecule has 0 heterocycles. The third-order valence-electron chi connectivity index (χ3n) is 1.21. The Labute approximate surface area is 69.1 Å². The van der Waals surface area contributed by atoms with Crippen LogP contribution in [-0.4, -0.2) is 9.58 Å². The minimum absolute atomic E-state index is 0.237. The van der Waals surface area contributed by atoms with E-state index in [9.17, 15) is 4.79 Å². The molecular weight excluding hydrogens is 231 g/mol. The lowest BCUT2D eigenvalue weighted by Gasteiger charge is -2.21. The van der Waals surface area contributed by atoms with Crippen LogP contribution in [0.15, 0.2) is 0 Å². The van der Waals surface area contributed by atoms with Crippen molar-refractivity contribution in [1.29, 1.82) is 0 Å². The number of halogens is 1. The molecular formula is C6H11IO2. The zero-order valence-corrected chi connectivity index (χ0v) is 8.06. The first-order chi connectivity index (χ1) is 3.98. The van der Waals surface area contributed by atoms with Crippen LogP contribution in [0.3, 0.4) is 0 Å². The second-order valence-electron chi connectivity index (χ2n) is 2.45. The Morgan fingerprint density at radius 1 is 1.67 bits per heavy atom. The van der Waals surface area contributed by atoms with E-state index >= 15 is 0 Å². The van der Waals surface area contributed by atoms with Crippen LogP contribution in [0.2, 0.25) is 0 Å². The van der Waals surface area contributed by atoms with Gasteiger partial charge in [-0.15, -0.1) is 0 Å². The third kappa shape index (κ3) is 4.69. The van der Waals surface area contributed by atoms with Crippen molar-refractivity contribution in [3.63, 3.8) is 0 Å². The lowest BCUT2D eigenvalue weighted by Crippen LogP contribution is -2.23. The molecule has 0 saturated carbocycles. The predicted molar refractivity (Wildman–Crippen MR) is 44.9 cm³/mol. The van der Waals surface area contributed by atoms with E-state index < -0.39 is 0 Å². The van der Waals surface area contributed by atoms with Crippen molar-refractivity contribution in [2.24, 2.45) is 0 Å². The summed E-state index contributed by atoms with van der Waals surface area (Å²) in [6, 6.07) is 0. The fourth-order valence-corrected chi connectivity index (χ4v) is 0.885. The van der Waals surface area contributed by atoms with Crippen molar-refractivity contribution in [3.05, 3.63) is 0 Å². The fraction of sp³-hybridized carbons (Fsp3) is 0.833. The van der Waals surface area contributed by atoms with Gasteiger partial charge in [0, 0.05) is 0 Å². The standard InChI is InChI=1S/C6H11IO2/c1-4-6(2,3)9-5(7)8/h4H2,1-3H3. The van der Waals surface area contributed by atoms with Gasteiger partial charge in [-0.2, -0.15) is 0 Å². The highest BCUT2D eigenvalue weighted by atomic mass is 127. The lowest BCUT2D eigenvalue weighted by molar-refractivity contribution is 0.0582. The smallest absolute Gasteiger partial charge is 0.367 e. The normalized spacial score (nSPS) is 11.1. The highest BCUT2D eigenvalue weighted by Crippen LogP contribution is 2.15. The Kier molecular flexibility index (Phi) is 3.46. The van der Waals surface area contributed by atoms with Gasteiger partial charge in [0.05, 0.1) is 22.6 Å². The topological polar surface area (TPSA) is 26.3 Å². The summed E-state index contributed by atoms with van der Waals surface area (Å²) < 4.78 is 4.70. The first-order valence-electron chi connectivity index (χ1n) is 2.86. The van der Waals surface area contributed by atoms with Crippen molar-refractivity contribution in [1.82, 2.24) is 0 Å². The van der Waals surface area contributed by atoms with Crippen molar-refractivity contribution >= 4 is 26.6 Å². The molecule has 0 rings (SSSR count). The Balaban J connectivity index is 3.71. The fourth-order valence-electron chi connectivity index (χ4n) is 0.289. The van der Waals surface area contributed by atoms with Gasteiger partial charge in [0.2, 0.25) is 0 Å². The molecule has 3 heteroatoms. The molecule has 9 heavy (non-hydrogen) atoms. The molecule has 0 bridgehead atoms. The zero-order chi connectivity index (χ0) is 7.49. The van der Waals surface area contributed by atoms with Crippen LogP contribution in [0.4, 0.5) is 4.79 Å². The molecule has 0 N–H and O–H groups in total. The van der Waals surface area contributed by atoms with Crippen LogP contribution < -0.4 is 0 Å². The van der Waals surface area contributed by atoms with Gasteiger partial charge in [0.25, 0.3) is 0 Å². The van der Waals surface area contributed by atoms with Crippen LogP contribution in [0.25, 0.3) is 0 Å². The van der Waals surface area contributed by atoms with E-state index in [2.05, 4.69) is 0 Å². The van der Waals surface area contributed by atoms with Crippen LogP contribution >= 0.6 is 22.6 Å². The second kappa shape index (κ2) is 3.39. The summed E-state index contributed by atoms with van der Waals surface area (Å²) in [5.41, 5.74) is -0.293. The van der Waals surface area contributed by atoms with Gasteiger partial charge in [-0.25, -0.2) is 4.79 Å². The summed E-state index contributed by atoms with van der Waals surface area (Å²) >= 11 is 1.63. The third-order valence-corrected chi connectivity index (χ3v) is 1.43. The Morgan fingerprint density at radius 2 is 2.11 bits per heavy atom. The summed E-state index contributed by atoms with van der Waals surface area (Å²) in [5, 5.41) is 0. The molecule has 0 aliphatic heterocycles. The maximum atomic E-state index is 10.4. The quantitative estimate of drug-likeness (QED) is 0.549. The monoisotopic (exact) mass is 242 g/mol. The summed E-state index contributed by atoms with van der Waals surface area (Å²) in [7, 11) is 0. The molecule has 0 saturated heterocycles. The van der Waals surface area contributed by atoms with E-state index in [1.165, 1.54) is 0 Å². The molecule has 0 aliphatic carbocycles. The molecule has 0 amide bonds. The molecule has 0 aliphatic rings. The number of carbonyl (C=O) groups excluding carboxylic acids is 1. The van der Waals surface area contributed by atoms with E-state index in [0.717, 1.165) is 6.42 Å². The average molecular weight is 242 g/mol. The molecule has 0 spiro atoms. The second-order valence-corrected chi connectivity index (χ2v) is 3.33. The molecule has 54 valence electrons. The molecule has 0 atom stereocenters. The molecule has 0 fully saturated rings. The number of hydrogen-bond donors (Lipinski definition) is 0. The maximum Gasteiger partial charge on any atom is 0.367 e. The average Bonchev–Trinajstić information content (AvgIpc) is 1.63. The number of ether oxygens (including phenoxy) is 1. The number of carbonyl (C=O) groups is 1. The molecule has 0 aromatic rings. The highest BCUT2D eigenvalue weighted by molar-refractivity contribution is 14.1. The minimum Gasteiger partial charge on any atom is -0.452 e. The molecule has 0 radical (unpaired) electrons. The van der Waals surface area contributed by atoms with E-state index in [1.54, 1.807) is 22.6 Å². The molecule has 0 aromatic carbocycles. The van der Waals surface area contributed by atoms with E-state index in [1.807, 2.05) is 20.8 Å². The highest BCUT2D eigenvalue weighted by Gasteiger charge is 2.17. The van der Waals surface area contributed by atoms with Crippen LogP contribution in [0, 0.1) is 0 Å². The van der Waals surface area contributed by atoms with Gasteiger partial charge in [-0.3, -0.25) is 0 Å². The van der Waals surface area contributed by atoms with Crippen LogP contribution in [0.1, 0.15) is 27.2 Å². The molecule has 2 nitrogen and oxygen atoms in total. The summed E-state index contributed by atoms with van der Waals surface area (Å²) in [6.45, 7) is 5.77.